The van der Waals surface area contributed by atoms with Gasteiger partial charge in [0.15, 0.2) is 0 Å². The summed E-state index contributed by atoms with van der Waals surface area (Å²) in [5, 5.41) is 2.97. The quantitative estimate of drug-likeness (QED) is 0.567. The molecule has 0 spiro atoms. The maximum atomic E-state index is 12.9. The molecule has 2 bridgehead atoms. The Bertz CT molecular complexity index is 927. The lowest BCUT2D eigenvalue weighted by molar-refractivity contribution is -0.145. The average molecular weight is 442 g/mol. The number of fused-ring (bicyclic) bond motifs is 1. The van der Waals surface area contributed by atoms with Crippen LogP contribution in [0.3, 0.4) is 0 Å². The van der Waals surface area contributed by atoms with E-state index in [4.69, 9.17) is 9.47 Å². The van der Waals surface area contributed by atoms with Crippen molar-refractivity contribution >= 4 is 33.5 Å². The third-order valence-electron chi connectivity index (χ3n) is 6.20. The number of benzene rings is 2. The number of halogens is 1. The normalized spacial score (nSPS) is 32.3. The van der Waals surface area contributed by atoms with Crippen molar-refractivity contribution in [2.24, 2.45) is 23.7 Å². The van der Waals surface area contributed by atoms with E-state index >= 15 is 0 Å². The fraction of sp³-hybridized carbons (Fsp3) is 0.364. The minimum absolute atomic E-state index is 0.0650. The Labute approximate surface area is 171 Å². The van der Waals surface area contributed by atoms with Crippen LogP contribution in [0.5, 0.6) is 11.5 Å². The topological polar surface area (TPSA) is 64.6 Å². The number of ether oxygens (including phenoxy) is 2. The Morgan fingerprint density at radius 2 is 1.71 bits per heavy atom. The van der Waals surface area contributed by atoms with Crippen LogP contribution in [0.4, 0.5) is 5.69 Å². The van der Waals surface area contributed by atoms with Crippen LogP contribution in [0.25, 0.3) is 0 Å². The molecule has 2 aromatic rings. The second kappa shape index (κ2) is 6.62. The molecule has 0 aromatic heterocycles. The molecular formula is C22H20BrNO4. The van der Waals surface area contributed by atoms with Crippen LogP contribution < -0.4 is 10.1 Å². The van der Waals surface area contributed by atoms with Gasteiger partial charge in [0.2, 0.25) is 5.91 Å². The lowest BCUT2D eigenvalue weighted by Crippen LogP contribution is -2.40. The molecule has 28 heavy (non-hydrogen) atoms. The summed E-state index contributed by atoms with van der Waals surface area (Å²) in [4.78, 5) is 25.2. The van der Waals surface area contributed by atoms with Crippen molar-refractivity contribution in [1.82, 2.24) is 0 Å². The molecule has 6 atom stereocenters. The Morgan fingerprint density at radius 1 is 1.07 bits per heavy atom. The summed E-state index contributed by atoms with van der Waals surface area (Å²) >= 11 is 3.64. The number of nitrogens with one attached hydrogen (secondary N) is 1. The highest BCUT2D eigenvalue weighted by atomic mass is 79.9. The van der Waals surface area contributed by atoms with E-state index in [1.54, 1.807) is 0 Å². The van der Waals surface area contributed by atoms with Gasteiger partial charge in [-0.3, -0.25) is 9.59 Å². The average Bonchev–Trinajstić information content (AvgIpc) is 3.29. The second-order valence-electron chi connectivity index (χ2n) is 7.89. The molecule has 1 amide bonds. The number of esters is 1. The Kier molecular flexibility index (Phi) is 4.19. The predicted octanol–water partition coefficient (Wildman–Crippen LogP) is 4.30. The van der Waals surface area contributed by atoms with Crippen LogP contribution >= 0.6 is 15.9 Å². The van der Waals surface area contributed by atoms with Crippen molar-refractivity contribution in [1.29, 1.82) is 0 Å². The predicted molar refractivity (Wildman–Crippen MR) is 107 cm³/mol. The molecular weight excluding hydrogens is 422 g/mol. The summed E-state index contributed by atoms with van der Waals surface area (Å²) in [7, 11) is 0. The maximum Gasteiger partial charge on any atom is 0.310 e. The number of carbonyl (C=O) groups is 2. The van der Waals surface area contributed by atoms with Gasteiger partial charge in [-0.15, -0.1) is 0 Å². The molecule has 2 aromatic carbocycles. The van der Waals surface area contributed by atoms with Crippen LogP contribution in [-0.2, 0) is 14.3 Å². The molecule has 1 heterocycles. The van der Waals surface area contributed by atoms with E-state index in [-0.39, 0.29) is 46.5 Å². The van der Waals surface area contributed by atoms with Crippen molar-refractivity contribution in [2.75, 3.05) is 5.32 Å². The Hall–Kier alpha value is -2.34. The minimum atomic E-state index is -0.330. The van der Waals surface area contributed by atoms with Crippen LogP contribution in [0, 0.1) is 30.6 Å². The molecule has 1 N–H and O–H groups in total. The first-order valence-electron chi connectivity index (χ1n) is 9.51. The summed E-state index contributed by atoms with van der Waals surface area (Å²) in [5.74, 6) is 0.829. The maximum absolute atomic E-state index is 12.9. The summed E-state index contributed by atoms with van der Waals surface area (Å²) in [6, 6.07) is 15.1. The number of hydrogen-bond donors (Lipinski definition) is 1. The van der Waals surface area contributed by atoms with Crippen LogP contribution in [0.2, 0.25) is 0 Å². The summed E-state index contributed by atoms with van der Waals surface area (Å²) in [6.07, 6.45) is 0.808. The lowest BCUT2D eigenvalue weighted by Gasteiger charge is -2.27. The lowest BCUT2D eigenvalue weighted by atomic mass is 9.79. The number of anilines is 1. The molecule has 0 unspecified atom stereocenters. The zero-order valence-electron chi connectivity index (χ0n) is 15.3. The molecule has 2 saturated carbocycles. The Balaban J connectivity index is 1.27. The van der Waals surface area contributed by atoms with E-state index in [1.165, 1.54) is 5.56 Å². The van der Waals surface area contributed by atoms with E-state index in [9.17, 15) is 9.59 Å². The molecule has 1 saturated heterocycles. The van der Waals surface area contributed by atoms with Gasteiger partial charge >= 0.3 is 5.97 Å². The summed E-state index contributed by atoms with van der Waals surface area (Å²) in [5.41, 5.74) is 1.87. The molecule has 3 aliphatic rings. The van der Waals surface area contributed by atoms with Gasteiger partial charge in [-0.2, -0.15) is 0 Å². The number of aryl methyl sites for hydroxylation is 1. The van der Waals surface area contributed by atoms with E-state index in [2.05, 4.69) is 21.2 Å². The molecule has 5 nitrogen and oxygen atoms in total. The van der Waals surface area contributed by atoms with Gasteiger partial charge in [-0.05, 0) is 55.7 Å². The van der Waals surface area contributed by atoms with Crippen molar-refractivity contribution < 1.29 is 19.1 Å². The number of rotatable bonds is 4. The first-order valence-corrected chi connectivity index (χ1v) is 10.4. The number of alkyl halides is 1. The number of amides is 1. The standard InChI is InChI=1S/C22H20BrNO4/c1-11-2-6-13(7-3-11)27-14-8-4-12(5-9-14)24-21(25)17-15-10-16-18(17)22(26)28-20(16)19(15)23/h2-9,15-20H,10H2,1H3,(H,24,25)/t15-,16-,17+,18+,19-,20+/m1/s1. The van der Waals surface area contributed by atoms with Crippen LogP contribution in [-0.4, -0.2) is 22.8 Å². The highest BCUT2D eigenvalue weighted by Crippen LogP contribution is 2.60. The third-order valence-corrected chi connectivity index (χ3v) is 7.40. The minimum Gasteiger partial charge on any atom is -0.461 e. The van der Waals surface area contributed by atoms with Gasteiger partial charge in [0.1, 0.15) is 17.6 Å². The molecule has 0 radical (unpaired) electrons. The fourth-order valence-electron chi connectivity index (χ4n) is 4.90. The second-order valence-corrected chi connectivity index (χ2v) is 8.95. The molecule has 6 heteroatoms. The van der Waals surface area contributed by atoms with Gasteiger partial charge in [0.05, 0.1) is 16.7 Å². The third kappa shape index (κ3) is 2.82. The highest BCUT2D eigenvalue weighted by Gasteiger charge is 2.67. The van der Waals surface area contributed by atoms with Gasteiger partial charge < -0.3 is 14.8 Å². The number of hydrogen-bond acceptors (Lipinski definition) is 4. The zero-order chi connectivity index (χ0) is 19.4. The molecule has 3 fully saturated rings. The zero-order valence-corrected chi connectivity index (χ0v) is 16.9. The van der Waals surface area contributed by atoms with Gasteiger partial charge in [0.25, 0.3) is 0 Å². The van der Waals surface area contributed by atoms with E-state index in [0.29, 0.717) is 11.4 Å². The van der Waals surface area contributed by atoms with Crippen molar-refractivity contribution in [2.45, 2.75) is 24.3 Å². The molecule has 1 aliphatic heterocycles. The summed E-state index contributed by atoms with van der Waals surface area (Å²) < 4.78 is 11.3. The highest BCUT2D eigenvalue weighted by molar-refractivity contribution is 9.09. The first-order chi connectivity index (χ1) is 13.5. The van der Waals surface area contributed by atoms with Crippen LogP contribution in [0.15, 0.2) is 48.5 Å². The van der Waals surface area contributed by atoms with Crippen LogP contribution in [0.1, 0.15) is 12.0 Å². The van der Waals surface area contributed by atoms with E-state index < -0.39 is 0 Å². The summed E-state index contributed by atoms with van der Waals surface area (Å²) in [6.45, 7) is 2.03. The molecule has 2 aliphatic carbocycles. The fourth-order valence-corrected chi connectivity index (χ4v) is 5.95. The van der Waals surface area contributed by atoms with E-state index in [1.807, 2.05) is 55.5 Å². The van der Waals surface area contributed by atoms with Crippen molar-refractivity contribution in [3.63, 3.8) is 0 Å². The SMILES string of the molecule is Cc1ccc(Oc2ccc(NC(=O)[C@H]3[C@H]4C[C@H]5[C@H](OC(=O)[C@@H]53)[C@@H]4Br)cc2)cc1. The smallest absolute Gasteiger partial charge is 0.310 e. The van der Waals surface area contributed by atoms with Crippen molar-refractivity contribution in [3.8, 4) is 11.5 Å². The Morgan fingerprint density at radius 3 is 2.39 bits per heavy atom. The monoisotopic (exact) mass is 441 g/mol. The van der Waals surface area contributed by atoms with E-state index in [0.717, 1.165) is 12.2 Å². The van der Waals surface area contributed by atoms with Crippen molar-refractivity contribution in [3.05, 3.63) is 54.1 Å². The van der Waals surface area contributed by atoms with Gasteiger partial charge in [0, 0.05) is 11.6 Å². The molecule has 144 valence electrons. The molecule has 5 rings (SSSR count). The van der Waals surface area contributed by atoms with Gasteiger partial charge in [-0.1, -0.05) is 33.6 Å². The van der Waals surface area contributed by atoms with Gasteiger partial charge in [-0.25, -0.2) is 0 Å². The number of carbonyl (C=O) groups excluding carboxylic acids is 2. The first kappa shape index (κ1) is 17.7. The largest absolute Gasteiger partial charge is 0.461 e.